The minimum Gasteiger partial charge on any atom is -0.442 e. The maximum atomic E-state index is 13.5. The van der Waals surface area contributed by atoms with Crippen LogP contribution in [0, 0.1) is 12.7 Å². The average Bonchev–Trinajstić information content (AvgIpc) is 3.36. The molecule has 162 valence electrons. The highest BCUT2D eigenvalue weighted by Gasteiger charge is 2.39. The molecule has 0 unspecified atom stereocenters. The van der Waals surface area contributed by atoms with Crippen molar-refractivity contribution < 1.29 is 13.6 Å². The van der Waals surface area contributed by atoms with E-state index >= 15 is 0 Å². The van der Waals surface area contributed by atoms with Crippen LogP contribution < -0.4 is 5.32 Å². The Balaban J connectivity index is 1.39. The molecule has 2 aliphatic rings. The fraction of sp³-hybridized carbons (Fsp3) is 0.455. The second-order valence-corrected chi connectivity index (χ2v) is 9.12. The molecule has 9 heteroatoms. The Hall–Kier alpha value is -2.74. The number of carbonyl (C=O) groups is 1. The van der Waals surface area contributed by atoms with Gasteiger partial charge in [-0.2, -0.15) is 0 Å². The topological polar surface area (TPSA) is 84.2 Å². The average molecular weight is 444 g/mol. The first kappa shape index (κ1) is 20.2. The first-order chi connectivity index (χ1) is 14.8. The maximum absolute atomic E-state index is 13.5. The van der Waals surface area contributed by atoms with Gasteiger partial charge in [-0.25, -0.2) is 14.4 Å². The summed E-state index contributed by atoms with van der Waals surface area (Å²) in [6.07, 6.45) is 6.18. The fourth-order valence-electron chi connectivity index (χ4n) is 4.23. The van der Waals surface area contributed by atoms with Crippen LogP contribution in [0.5, 0.6) is 0 Å². The second-order valence-electron chi connectivity index (χ2n) is 8.71. The van der Waals surface area contributed by atoms with Gasteiger partial charge in [0.2, 0.25) is 5.71 Å². The molecule has 0 radical (unpaired) electrons. The van der Waals surface area contributed by atoms with Crippen LogP contribution in [0.3, 0.4) is 0 Å². The highest BCUT2D eigenvalue weighted by molar-refractivity contribution is 6.31. The van der Waals surface area contributed by atoms with Gasteiger partial charge in [-0.15, -0.1) is 0 Å². The molecule has 0 spiro atoms. The molecule has 2 fully saturated rings. The molecule has 7 nitrogen and oxygen atoms in total. The van der Waals surface area contributed by atoms with Crippen LogP contribution in [0.25, 0.3) is 11.1 Å². The number of nitrogens with one attached hydrogen (secondary N) is 1. The number of amides is 1. The fourth-order valence-corrected chi connectivity index (χ4v) is 4.54. The van der Waals surface area contributed by atoms with Crippen LogP contribution in [0.2, 0.25) is 5.02 Å². The van der Waals surface area contributed by atoms with Gasteiger partial charge in [-0.3, -0.25) is 9.78 Å². The summed E-state index contributed by atoms with van der Waals surface area (Å²) in [6.45, 7) is 5.03. The van der Waals surface area contributed by atoms with Crippen molar-refractivity contribution in [3.8, 4) is 0 Å². The van der Waals surface area contributed by atoms with E-state index in [2.05, 4.69) is 27.2 Å². The number of likely N-dealkylation sites (tertiary alicyclic amines) is 1. The first-order valence-electron chi connectivity index (χ1n) is 10.5. The van der Waals surface area contributed by atoms with E-state index in [9.17, 15) is 9.18 Å². The number of furan rings is 1. The SMILES string of the molecule is Cc1oc2ncnc(NC3(C)CC3)c2c1C(=O)N1CCC(c2ncc(F)cc2Cl)CC1. The van der Waals surface area contributed by atoms with E-state index in [0.29, 0.717) is 64.9 Å². The molecule has 1 amide bonds. The molecule has 4 heterocycles. The predicted molar refractivity (Wildman–Crippen MR) is 115 cm³/mol. The minimum absolute atomic E-state index is 0.00650. The lowest BCUT2D eigenvalue weighted by molar-refractivity contribution is 0.0712. The highest BCUT2D eigenvalue weighted by Crippen LogP contribution is 2.40. The standard InChI is InChI=1S/C22H23ClFN5O2/c1-12-16(17-19(28-22(2)5-6-22)26-11-27-20(17)31-12)21(30)29-7-3-13(4-8-29)18-15(23)9-14(24)10-25-18/h9-11,13H,3-8H2,1-2H3,(H,26,27,28). The van der Waals surface area contributed by atoms with Gasteiger partial charge in [-0.05, 0) is 45.6 Å². The van der Waals surface area contributed by atoms with Gasteiger partial charge < -0.3 is 14.6 Å². The van der Waals surface area contributed by atoms with E-state index in [1.165, 1.54) is 18.6 Å². The van der Waals surface area contributed by atoms with E-state index in [1.807, 2.05) is 4.90 Å². The van der Waals surface area contributed by atoms with Crippen molar-refractivity contribution in [1.29, 1.82) is 0 Å². The number of rotatable bonds is 4. The summed E-state index contributed by atoms with van der Waals surface area (Å²) in [5.74, 6) is 0.731. The summed E-state index contributed by atoms with van der Waals surface area (Å²) in [6, 6.07) is 1.29. The molecule has 1 N–H and O–H groups in total. The molecule has 3 aromatic rings. The van der Waals surface area contributed by atoms with Gasteiger partial charge in [0.05, 0.1) is 27.9 Å². The number of hydrogen-bond donors (Lipinski definition) is 1. The molecule has 3 aromatic heterocycles. The summed E-state index contributed by atoms with van der Waals surface area (Å²) in [5, 5.41) is 4.43. The Morgan fingerprint density at radius 1 is 1.29 bits per heavy atom. The summed E-state index contributed by atoms with van der Waals surface area (Å²) in [4.78, 5) is 28.1. The Bertz CT molecular complexity index is 1170. The van der Waals surface area contributed by atoms with Crippen LogP contribution in [-0.4, -0.2) is 44.4 Å². The van der Waals surface area contributed by atoms with Gasteiger partial charge in [0.25, 0.3) is 5.91 Å². The van der Waals surface area contributed by atoms with Crippen LogP contribution in [0.4, 0.5) is 10.2 Å². The van der Waals surface area contributed by atoms with E-state index in [1.54, 1.807) is 6.92 Å². The Kier molecular flexibility index (Phi) is 4.84. The number of carbonyl (C=O) groups excluding carboxylic acids is 1. The van der Waals surface area contributed by atoms with E-state index in [-0.39, 0.29) is 17.4 Å². The van der Waals surface area contributed by atoms with E-state index in [4.69, 9.17) is 16.0 Å². The van der Waals surface area contributed by atoms with E-state index < -0.39 is 5.82 Å². The lowest BCUT2D eigenvalue weighted by Gasteiger charge is -2.32. The van der Waals surface area contributed by atoms with Crippen molar-refractivity contribution in [2.45, 2.75) is 51.0 Å². The third kappa shape index (κ3) is 3.73. The molecule has 5 rings (SSSR count). The molecule has 1 saturated heterocycles. The molecule has 1 aliphatic carbocycles. The molecular weight excluding hydrogens is 421 g/mol. The Morgan fingerprint density at radius 3 is 2.71 bits per heavy atom. The zero-order valence-electron chi connectivity index (χ0n) is 17.4. The third-order valence-corrected chi connectivity index (χ3v) is 6.61. The number of fused-ring (bicyclic) bond motifs is 1. The monoisotopic (exact) mass is 443 g/mol. The molecule has 1 aliphatic heterocycles. The quantitative estimate of drug-likeness (QED) is 0.629. The third-order valence-electron chi connectivity index (χ3n) is 6.30. The van der Waals surface area contributed by atoms with Gasteiger partial charge in [-0.1, -0.05) is 11.6 Å². The molecule has 31 heavy (non-hydrogen) atoms. The largest absolute Gasteiger partial charge is 0.442 e. The van der Waals surface area contributed by atoms with Gasteiger partial charge in [0, 0.05) is 24.5 Å². The maximum Gasteiger partial charge on any atom is 0.258 e. The number of anilines is 1. The summed E-state index contributed by atoms with van der Waals surface area (Å²) in [5.41, 5.74) is 1.63. The normalized spacial score (nSPS) is 18.4. The second kappa shape index (κ2) is 7.44. The molecular formula is C22H23ClFN5O2. The molecule has 0 bridgehead atoms. The number of hydrogen-bond acceptors (Lipinski definition) is 6. The first-order valence-corrected chi connectivity index (χ1v) is 10.8. The molecule has 0 atom stereocenters. The number of piperidine rings is 1. The van der Waals surface area contributed by atoms with Crippen LogP contribution in [0.15, 0.2) is 23.0 Å². The minimum atomic E-state index is -0.449. The summed E-state index contributed by atoms with van der Waals surface area (Å²) >= 11 is 6.19. The smallest absolute Gasteiger partial charge is 0.258 e. The van der Waals surface area contributed by atoms with E-state index in [0.717, 1.165) is 12.8 Å². The van der Waals surface area contributed by atoms with Crippen molar-refractivity contribution in [3.05, 3.63) is 46.4 Å². The number of aromatic nitrogens is 3. The van der Waals surface area contributed by atoms with Gasteiger partial charge in [0.15, 0.2) is 0 Å². The van der Waals surface area contributed by atoms with Crippen molar-refractivity contribution >= 4 is 34.4 Å². The zero-order valence-corrected chi connectivity index (χ0v) is 18.2. The van der Waals surface area contributed by atoms with Crippen LogP contribution >= 0.6 is 11.6 Å². The van der Waals surface area contributed by atoms with Crippen LogP contribution in [0.1, 0.15) is 60.3 Å². The van der Waals surface area contributed by atoms with Crippen LogP contribution in [-0.2, 0) is 0 Å². The number of pyridine rings is 1. The van der Waals surface area contributed by atoms with Crippen molar-refractivity contribution in [2.24, 2.45) is 0 Å². The lowest BCUT2D eigenvalue weighted by atomic mass is 9.92. The molecule has 0 aromatic carbocycles. The van der Waals surface area contributed by atoms with Gasteiger partial charge >= 0.3 is 0 Å². The van der Waals surface area contributed by atoms with Crippen molar-refractivity contribution in [1.82, 2.24) is 19.9 Å². The number of nitrogens with zero attached hydrogens (tertiary/aromatic N) is 4. The predicted octanol–water partition coefficient (Wildman–Crippen LogP) is 4.70. The number of halogens is 2. The Morgan fingerprint density at radius 2 is 2.03 bits per heavy atom. The summed E-state index contributed by atoms with van der Waals surface area (Å²) in [7, 11) is 0. The number of aryl methyl sites for hydroxylation is 1. The van der Waals surface area contributed by atoms with Crippen molar-refractivity contribution in [3.63, 3.8) is 0 Å². The Labute approximate surface area is 184 Å². The zero-order chi connectivity index (χ0) is 21.8. The van der Waals surface area contributed by atoms with Crippen molar-refractivity contribution in [2.75, 3.05) is 18.4 Å². The summed E-state index contributed by atoms with van der Waals surface area (Å²) < 4.78 is 19.1. The van der Waals surface area contributed by atoms with Gasteiger partial charge in [0.1, 0.15) is 23.7 Å². The molecule has 1 saturated carbocycles. The lowest BCUT2D eigenvalue weighted by Crippen LogP contribution is -2.38. The highest BCUT2D eigenvalue weighted by atomic mass is 35.5.